The van der Waals surface area contributed by atoms with Gasteiger partial charge in [0.15, 0.2) is 11.5 Å². The van der Waals surface area contributed by atoms with Crippen LogP contribution in [-0.2, 0) is 22.7 Å². The molecule has 1 aliphatic rings. The van der Waals surface area contributed by atoms with Crippen molar-refractivity contribution in [2.75, 3.05) is 13.2 Å². The van der Waals surface area contributed by atoms with Gasteiger partial charge in [0.05, 0.1) is 19.8 Å². The van der Waals surface area contributed by atoms with E-state index in [-0.39, 0.29) is 12.1 Å². The minimum atomic E-state index is -0.775. The molecule has 0 aliphatic carbocycles. The molecule has 9 heteroatoms. The largest absolute Gasteiger partial charge is 0.490 e. The second-order valence-corrected chi connectivity index (χ2v) is 9.67. The molecule has 0 unspecified atom stereocenters. The minimum absolute atomic E-state index is 0.0355. The molecule has 1 heterocycles. The second kappa shape index (κ2) is 13.1. The molecule has 0 bridgehead atoms. The molecule has 3 aromatic carbocycles. The molecule has 0 atom stereocenters. The second-order valence-electron chi connectivity index (χ2n) is 8.76. The average molecular weight is 593 g/mol. The lowest BCUT2D eigenvalue weighted by molar-refractivity contribution is -0.130. The summed E-state index contributed by atoms with van der Waals surface area (Å²) in [6.45, 7) is 5.22. The van der Waals surface area contributed by atoms with E-state index in [4.69, 9.17) is 14.2 Å². The molecule has 0 aromatic heterocycles. The van der Waals surface area contributed by atoms with Crippen molar-refractivity contribution in [1.82, 2.24) is 10.2 Å². The van der Waals surface area contributed by atoms with Gasteiger partial charge in [-0.25, -0.2) is 4.79 Å². The Kier molecular flexibility index (Phi) is 9.38. The molecule has 1 aliphatic heterocycles. The topological polar surface area (TPSA) is 94.2 Å². The van der Waals surface area contributed by atoms with E-state index in [0.29, 0.717) is 48.2 Å². The average Bonchev–Trinajstić information content (AvgIpc) is 2.93. The zero-order valence-corrected chi connectivity index (χ0v) is 23.3. The Hall–Kier alpha value is -4.11. The molecule has 202 valence electrons. The van der Waals surface area contributed by atoms with Crippen molar-refractivity contribution in [1.29, 1.82) is 0 Å². The van der Waals surface area contributed by atoms with Gasteiger partial charge in [-0.05, 0) is 72.5 Å². The molecule has 1 saturated heterocycles. The fourth-order valence-corrected chi connectivity index (χ4v) is 4.11. The number of rotatable bonds is 11. The summed E-state index contributed by atoms with van der Waals surface area (Å²) >= 11 is 3.41. The number of carbonyl (C=O) groups is 3. The Labute approximate surface area is 235 Å². The van der Waals surface area contributed by atoms with E-state index in [1.54, 1.807) is 42.5 Å². The van der Waals surface area contributed by atoms with Crippen LogP contribution in [0, 0.1) is 0 Å². The summed E-state index contributed by atoms with van der Waals surface area (Å²) in [6.07, 6.45) is 2.31. The Morgan fingerprint density at radius 2 is 1.56 bits per heavy atom. The number of nitrogens with zero attached hydrogens (tertiary/aromatic N) is 1. The maximum absolute atomic E-state index is 13.2. The molecule has 3 aromatic rings. The van der Waals surface area contributed by atoms with Gasteiger partial charge < -0.3 is 14.2 Å². The zero-order chi connectivity index (χ0) is 27.8. The molecule has 4 amide bonds. The fraction of sp³-hybridized carbons (Fsp3) is 0.233. The van der Waals surface area contributed by atoms with Crippen LogP contribution in [0.2, 0.25) is 0 Å². The predicted molar refractivity (Wildman–Crippen MR) is 150 cm³/mol. The lowest BCUT2D eigenvalue weighted by Gasteiger charge is -2.26. The van der Waals surface area contributed by atoms with Crippen LogP contribution in [0.1, 0.15) is 37.0 Å². The molecular formula is C30H29BrN2O6. The number of imide groups is 2. The van der Waals surface area contributed by atoms with Crippen molar-refractivity contribution in [3.8, 4) is 17.2 Å². The summed E-state index contributed by atoms with van der Waals surface area (Å²) in [4.78, 5) is 39.3. The first kappa shape index (κ1) is 27.9. The summed E-state index contributed by atoms with van der Waals surface area (Å²) in [5, 5.41) is 2.26. The third kappa shape index (κ3) is 7.26. The van der Waals surface area contributed by atoms with E-state index in [1.807, 2.05) is 38.1 Å². The van der Waals surface area contributed by atoms with Gasteiger partial charge in [-0.1, -0.05) is 53.2 Å². The van der Waals surface area contributed by atoms with Gasteiger partial charge in [0.25, 0.3) is 11.8 Å². The van der Waals surface area contributed by atoms with Crippen molar-refractivity contribution >= 4 is 39.9 Å². The van der Waals surface area contributed by atoms with Crippen LogP contribution in [0.15, 0.2) is 76.8 Å². The van der Waals surface area contributed by atoms with Crippen molar-refractivity contribution in [3.05, 3.63) is 93.5 Å². The van der Waals surface area contributed by atoms with Crippen LogP contribution in [0.25, 0.3) is 6.08 Å². The first-order valence-electron chi connectivity index (χ1n) is 12.6. The highest BCUT2D eigenvalue weighted by Crippen LogP contribution is 2.30. The summed E-state index contributed by atoms with van der Waals surface area (Å²) < 4.78 is 18.2. The van der Waals surface area contributed by atoms with Crippen molar-refractivity contribution in [2.45, 2.75) is 33.4 Å². The van der Waals surface area contributed by atoms with Gasteiger partial charge in [-0.3, -0.25) is 19.8 Å². The van der Waals surface area contributed by atoms with E-state index in [1.165, 1.54) is 6.08 Å². The van der Waals surface area contributed by atoms with Crippen LogP contribution in [0.5, 0.6) is 17.2 Å². The molecule has 8 nitrogen and oxygen atoms in total. The lowest BCUT2D eigenvalue weighted by atomic mass is 10.1. The van der Waals surface area contributed by atoms with Gasteiger partial charge in [0.1, 0.15) is 17.9 Å². The first-order valence-corrected chi connectivity index (χ1v) is 13.4. The quantitative estimate of drug-likeness (QED) is 0.221. The highest BCUT2D eigenvalue weighted by atomic mass is 79.9. The normalized spacial score (nSPS) is 14.4. The van der Waals surface area contributed by atoms with E-state index in [0.717, 1.165) is 21.4 Å². The number of amides is 4. The predicted octanol–water partition coefficient (Wildman–Crippen LogP) is 5.88. The molecular weight excluding hydrogens is 564 g/mol. The number of halogens is 1. The Morgan fingerprint density at radius 1 is 0.846 bits per heavy atom. The number of benzene rings is 3. The van der Waals surface area contributed by atoms with Gasteiger partial charge >= 0.3 is 6.03 Å². The van der Waals surface area contributed by atoms with Crippen LogP contribution in [-0.4, -0.2) is 36.0 Å². The van der Waals surface area contributed by atoms with Crippen LogP contribution in [0.4, 0.5) is 4.79 Å². The van der Waals surface area contributed by atoms with Crippen molar-refractivity contribution in [2.24, 2.45) is 0 Å². The number of urea groups is 1. The van der Waals surface area contributed by atoms with E-state index in [2.05, 4.69) is 21.2 Å². The standard InChI is InChI=1S/C30H29BrN2O6/c1-3-15-38-26-14-9-22(17-27(26)37-4-2)18-33-29(35)25(28(34)32-30(33)36)16-20-7-12-24(13-8-20)39-19-21-5-10-23(31)11-6-21/h5-14,16-17H,3-4,15,18-19H2,1-2H3,(H,32,34,36)/b25-16+. The summed E-state index contributed by atoms with van der Waals surface area (Å²) in [6, 6.07) is 19.3. The highest BCUT2D eigenvalue weighted by Gasteiger charge is 2.35. The molecule has 1 N–H and O–H groups in total. The Balaban J connectivity index is 1.47. The lowest BCUT2D eigenvalue weighted by Crippen LogP contribution is -2.53. The molecule has 39 heavy (non-hydrogen) atoms. The number of carbonyl (C=O) groups excluding carboxylic acids is 3. The smallest absolute Gasteiger partial charge is 0.331 e. The third-order valence-electron chi connectivity index (χ3n) is 5.81. The molecule has 0 spiro atoms. The van der Waals surface area contributed by atoms with Crippen molar-refractivity contribution < 1.29 is 28.6 Å². The monoisotopic (exact) mass is 592 g/mol. The summed E-state index contributed by atoms with van der Waals surface area (Å²) in [5.41, 5.74) is 2.17. The number of ether oxygens (including phenoxy) is 3. The van der Waals surface area contributed by atoms with Gasteiger partial charge in [0, 0.05) is 4.47 Å². The Morgan fingerprint density at radius 3 is 2.26 bits per heavy atom. The van der Waals surface area contributed by atoms with Crippen LogP contribution in [0.3, 0.4) is 0 Å². The Bertz CT molecular complexity index is 1370. The number of nitrogens with one attached hydrogen (secondary N) is 1. The summed E-state index contributed by atoms with van der Waals surface area (Å²) in [5.74, 6) is 0.353. The SMILES string of the molecule is CCCOc1ccc(CN2C(=O)NC(=O)/C(=C\c3ccc(OCc4ccc(Br)cc4)cc3)C2=O)cc1OCC. The first-order chi connectivity index (χ1) is 18.9. The maximum Gasteiger partial charge on any atom is 0.331 e. The van der Waals surface area contributed by atoms with E-state index in [9.17, 15) is 14.4 Å². The number of hydrogen-bond acceptors (Lipinski definition) is 6. The van der Waals surface area contributed by atoms with Crippen LogP contribution < -0.4 is 19.5 Å². The molecule has 1 fully saturated rings. The van der Waals surface area contributed by atoms with Crippen LogP contribution >= 0.6 is 15.9 Å². The van der Waals surface area contributed by atoms with Gasteiger partial charge in [-0.2, -0.15) is 0 Å². The zero-order valence-electron chi connectivity index (χ0n) is 21.7. The maximum atomic E-state index is 13.2. The highest BCUT2D eigenvalue weighted by molar-refractivity contribution is 9.10. The fourth-order valence-electron chi connectivity index (χ4n) is 3.84. The minimum Gasteiger partial charge on any atom is -0.490 e. The van der Waals surface area contributed by atoms with Crippen molar-refractivity contribution in [3.63, 3.8) is 0 Å². The van der Waals surface area contributed by atoms with Gasteiger partial charge in [0.2, 0.25) is 0 Å². The molecule has 0 saturated carbocycles. The number of barbiturate groups is 1. The van der Waals surface area contributed by atoms with Gasteiger partial charge in [-0.15, -0.1) is 0 Å². The third-order valence-corrected chi connectivity index (χ3v) is 6.33. The molecule has 0 radical (unpaired) electrons. The van der Waals surface area contributed by atoms with E-state index < -0.39 is 17.8 Å². The number of hydrogen-bond donors (Lipinski definition) is 1. The van der Waals surface area contributed by atoms with E-state index >= 15 is 0 Å². The summed E-state index contributed by atoms with van der Waals surface area (Å²) in [7, 11) is 0. The molecule has 4 rings (SSSR count).